The molecule has 2 aliphatic rings. The van der Waals surface area contributed by atoms with E-state index in [2.05, 4.69) is 36.9 Å². The second-order valence-corrected chi connectivity index (χ2v) is 9.09. The van der Waals surface area contributed by atoms with Crippen LogP contribution in [0.4, 0.5) is 5.82 Å². The largest absolute Gasteiger partial charge is 0.379 e. The lowest BCUT2D eigenvalue weighted by atomic mass is 10.2. The van der Waals surface area contributed by atoms with Crippen LogP contribution < -0.4 is 4.90 Å². The number of para-hydroxylation sites is 2. The minimum Gasteiger partial charge on any atom is -0.379 e. The number of amides is 1. The maximum absolute atomic E-state index is 12.7. The van der Waals surface area contributed by atoms with Crippen molar-refractivity contribution in [1.29, 1.82) is 0 Å². The standard InChI is InChI=1S/C23H28N6O2S/c30-22(17-32-23-25-19-3-1-2-4-20(19)26-23)29-9-7-28(8-10-29)21-6-5-18(15-24-21)16-27-11-13-31-14-12-27/h1-6,15H,7-14,16-17H2,(H,25,26). The van der Waals surface area contributed by atoms with Gasteiger partial charge in [0.15, 0.2) is 5.16 Å². The molecule has 0 bridgehead atoms. The Bertz CT molecular complexity index is 1010. The Labute approximate surface area is 191 Å². The number of aromatic nitrogens is 3. The molecule has 1 aromatic carbocycles. The third-order valence-electron chi connectivity index (χ3n) is 5.98. The highest BCUT2D eigenvalue weighted by molar-refractivity contribution is 7.99. The van der Waals surface area contributed by atoms with Gasteiger partial charge in [-0.05, 0) is 23.8 Å². The third-order valence-corrected chi connectivity index (χ3v) is 6.83. The second kappa shape index (κ2) is 9.89. The van der Waals surface area contributed by atoms with Gasteiger partial charge in [-0.15, -0.1) is 0 Å². The summed E-state index contributed by atoms with van der Waals surface area (Å²) in [5, 5.41) is 0.791. The number of fused-ring (bicyclic) bond motifs is 1. The molecule has 2 saturated heterocycles. The molecule has 1 amide bonds. The lowest BCUT2D eigenvalue weighted by Crippen LogP contribution is -2.49. The van der Waals surface area contributed by atoms with Crippen molar-refractivity contribution < 1.29 is 9.53 Å². The molecule has 2 fully saturated rings. The summed E-state index contributed by atoms with van der Waals surface area (Å²) in [6, 6.07) is 12.2. The monoisotopic (exact) mass is 452 g/mol. The first-order valence-electron chi connectivity index (χ1n) is 11.1. The van der Waals surface area contributed by atoms with Gasteiger partial charge < -0.3 is 19.5 Å². The number of rotatable bonds is 6. The van der Waals surface area contributed by atoms with Crippen LogP contribution in [0.15, 0.2) is 47.8 Å². The normalized spacial score (nSPS) is 17.8. The topological polar surface area (TPSA) is 77.6 Å². The number of thioether (sulfide) groups is 1. The van der Waals surface area contributed by atoms with Crippen LogP contribution in [-0.2, 0) is 16.1 Å². The van der Waals surface area contributed by atoms with E-state index in [0.717, 1.165) is 81.0 Å². The fourth-order valence-electron chi connectivity index (χ4n) is 4.12. The number of nitrogens with one attached hydrogen (secondary N) is 1. The molecule has 4 heterocycles. The summed E-state index contributed by atoms with van der Waals surface area (Å²) >= 11 is 1.47. The van der Waals surface area contributed by atoms with Crippen LogP contribution in [0.2, 0.25) is 0 Å². The molecule has 0 radical (unpaired) electrons. The Morgan fingerprint density at radius 2 is 1.84 bits per heavy atom. The van der Waals surface area contributed by atoms with Crippen molar-refractivity contribution >= 4 is 34.5 Å². The van der Waals surface area contributed by atoms with Gasteiger partial charge in [-0.2, -0.15) is 0 Å². The van der Waals surface area contributed by atoms with Gasteiger partial charge in [-0.1, -0.05) is 30.0 Å². The number of anilines is 1. The number of pyridine rings is 1. The number of imidazole rings is 1. The van der Waals surface area contributed by atoms with Crippen LogP contribution in [0.1, 0.15) is 5.56 Å². The van der Waals surface area contributed by atoms with E-state index < -0.39 is 0 Å². The van der Waals surface area contributed by atoms with Crippen molar-refractivity contribution in [3.63, 3.8) is 0 Å². The Hall–Kier alpha value is -2.62. The number of nitrogens with zero attached hydrogens (tertiary/aromatic N) is 5. The zero-order valence-electron chi connectivity index (χ0n) is 18.1. The van der Waals surface area contributed by atoms with E-state index in [1.807, 2.05) is 35.4 Å². The highest BCUT2D eigenvalue weighted by atomic mass is 32.2. The summed E-state index contributed by atoms with van der Waals surface area (Å²) in [6.45, 7) is 7.54. The minimum atomic E-state index is 0.156. The highest BCUT2D eigenvalue weighted by Crippen LogP contribution is 2.20. The van der Waals surface area contributed by atoms with Crippen LogP contribution in [0.25, 0.3) is 11.0 Å². The van der Waals surface area contributed by atoms with Gasteiger partial charge in [0.2, 0.25) is 5.91 Å². The molecule has 1 N–H and O–H groups in total. The second-order valence-electron chi connectivity index (χ2n) is 8.13. The first-order valence-corrected chi connectivity index (χ1v) is 12.1. The summed E-state index contributed by atoms with van der Waals surface area (Å²) in [5.74, 6) is 1.54. The number of carbonyl (C=O) groups is 1. The van der Waals surface area contributed by atoms with Crippen molar-refractivity contribution in [3.05, 3.63) is 48.2 Å². The predicted molar refractivity (Wildman–Crippen MR) is 126 cm³/mol. The van der Waals surface area contributed by atoms with Crippen LogP contribution in [0.3, 0.4) is 0 Å². The van der Waals surface area contributed by atoms with E-state index in [4.69, 9.17) is 4.74 Å². The van der Waals surface area contributed by atoms with E-state index in [9.17, 15) is 4.79 Å². The van der Waals surface area contributed by atoms with Crippen LogP contribution in [0.5, 0.6) is 0 Å². The van der Waals surface area contributed by atoms with Crippen molar-refractivity contribution in [2.24, 2.45) is 0 Å². The summed E-state index contributed by atoms with van der Waals surface area (Å²) in [5.41, 5.74) is 3.16. The van der Waals surface area contributed by atoms with Gasteiger partial charge in [0, 0.05) is 52.0 Å². The Balaban J connectivity index is 1.09. The smallest absolute Gasteiger partial charge is 0.233 e. The number of piperazine rings is 1. The molecule has 0 saturated carbocycles. The molecule has 0 spiro atoms. The zero-order valence-corrected chi connectivity index (χ0v) is 18.9. The number of morpholine rings is 1. The number of ether oxygens (including phenoxy) is 1. The minimum absolute atomic E-state index is 0.156. The van der Waals surface area contributed by atoms with Crippen LogP contribution in [-0.4, -0.2) is 88.9 Å². The van der Waals surface area contributed by atoms with Gasteiger partial charge in [-0.3, -0.25) is 9.69 Å². The Morgan fingerprint density at radius 1 is 1.03 bits per heavy atom. The first-order chi connectivity index (χ1) is 15.7. The van der Waals surface area contributed by atoms with E-state index in [1.165, 1.54) is 17.3 Å². The van der Waals surface area contributed by atoms with E-state index in [-0.39, 0.29) is 5.91 Å². The Kier molecular flexibility index (Phi) is 6.56. The Morgan fingerprint density at radius 3 is 2.59 bits per heavy atom. The van der Waals surface area contributed by atoms with Crippen molar-refractivity contribution in [2.75, 3.05) is 63.1 Å². The quantitative estimate of drug-likeness (QED) is 0.575. The van der Waals surface area contributed by atoms with Crippen LogP contribution >= 0.6 is 11.8 Å². The summed E-state index contributed by atoms with van der Waals surface area (Å²) in [7, 11) is 0. The number of aromatic amines is 1. The molecule has 8 nitrogen and oxygen atoms in total. The average molecular weight is 453 g/mol. The van der Waals surface area contributed by atoms with E-state index in [1.54, 1.807) is 0 Å². The lowest BCUT2D eigenvalue weighted by Gasteiger charge is -2.35. The molecular weight excluding hydrogens is 424 g/mol. The SMILES string of the molecule is O=C(CSc1nc2ccccc2[nH]1)N1CCN(c2ccc(CN3CCOCC3)cn2)CC1. The van der Waals surface area contributed by atoms with Crippen molar-refractivity contribution in [3.8, 4) is 0 Å². The highest BCUT2D eigenvalue weighted by Gasteiger charge is 2.22. The summed E-state index contributed by atoms with van der Waals surface area (Å²) in [4.78, 5) is 31.8. The predicted octanol–water partition coefficient (Wildman–Crippen LogP) is 2.23. The number of hydrogen-bond acceptors (Lipinski definition) is 7. The molecule has 5 rings (SSSR count). The molecule has 0 unspecified atom stereocenters. The van der Waals surface area contributed by atoms with Gasteiger partial charge >= 0.3 is 0 Å². The lowest BCUT2D eigenvalue weighted by molar-refractivity contribution is -0.128. The van der Waals surface area contributed by atoms with Gasteiger partial charge in [-0.25, -0.2) is 9.97 Å². The number of H-pyrrole nitrogens is 1. The fourth-order valence-corrected chi connectivity index (χ4v) is 4.91. The molecular formula is C23H28N6O2S. The van der Waals surface area contributed by atoms with Gasteiger partial charge in [0.05, 0.1) is 30.0 Å². The maximum atomic E-state index is 12.7. The maximum Gasteiger partial charge on any atom is 0.233 e. The summed E-state index contributed by atoms with van der Waals surface area (Å²) < 4.78 is 5.41. The molecule has 9 heteroatoms. The molecule has 2 aromatic heterocycles. The van der Waals surface area contributed by atoms with Crippen molar-refractivity contribution in [1.82, 2.24) is 24.8 Å². The molecule has 3 aromatic rings. The van der Waals surface area contributed by atoms with Gasteiger partial charge in [0.1, 0.15) is 5.82 Å². The fraction of sp³-hybridized carbons (Fsp3) is 0.435. The van der Waals surface area contributed by atoms with Crippen molar-refractivity contribution in [2.45, 2.75) is 11.7 Å². The van der Waals surface area contributed by atoms with E-state index >= 15 is 0 Å². The molecule has 32 heavy (non-hydrogen) atoms. The van der Waals surface area contributed by atoms with E-state index in [0.29, 0.717) is 5.75 Å². The third kappa shape index (κ3) is 5.06. The number of hydrogen-bond donors (Lipinski definition) is 1. The van der Waals surface area contributed by atoms with Gasteiger partial charge in [0.25, 0.3) is 0 Å². The molecule has 168 valence electrons. The first kappa shape index (κ1) is 21.2. The summed E-state index contributed by atoms with van der Waals surface area (Å²) in [6.07, 6.45) is 1.98. The van der Waals surface area contributed by atoms with Crippen LogP contribution in [0, 0.1) is 0 Å². The number of benzene rings is 1. The molecule has 2 aliphatic heterocycles. The molecule has 0 aliphatic carbocycles. The average Bonchev–Trinajstić information content (AvgIpc) is 3.27. The molecule has 0 atom stereocenters. The number of carbonyl (C=O) groups excluding carboxylic acids is 1. The zero-order chi connectivity index (χ0) is 21.8.